The third kappa shape index (κ3) is 2.39. The van der Waals surface area contributed by atoms with Crippen molar-refractivity contribution in [3.63, 3.8) is 0 Å². The van der Waals surface area contributed by atoms with Crippen LogP contribution in [0, 0.1) is 11.3 Å². The maximum absolute atomic E-state index is 13.0. The van der Waals surface area contributed by atoms with Crippen LogP contribution in [-0.4, -0.2) is 59.0 Å². The molecule has 6 heteroatoms. The SMILES string of the molecule is CC1CC(C(=O)N2CCCN3CCCC3C2)(C(N)=NO)C1. The van der Waals surface area contributed by atoms with Gasteiger partial charge in [0.15, 0.2) is 5.84 Å². The van der Waals surface area contributed by atoms with Crippen molar-refractivity contribution in [2.75, 3.05) is 26.2 Å². The molecule has 1 unspecified atom stereocenters. The maximum Gasteiger partial charge on any atom is 0.236 e. The fourth-order valence-corrected chi connectivity index (χ4v) is 4.41. The first kappa shape index (κ1) is 14.6. The van der Waals surface area contributed by atoms with Crippen LogP contribution >= 0.6 is 0 Å². The first-order valence-electron chi connectivity index (χ1n) is 8.08. The number of carbonyl (C=O) groups excluding carboxylic acids is 1. The molecular formula is C15H26N4O2. The highest BCUT2D eigenvalue weighted by Gasteiger charge is 2.54. The number of amides is 1. The van der Waals surface area contributed by atoms with E-state index in [0.717, 1.165) is 32.6 Å². The molecule has 1 atom stereocenters. The van der Waals surface area contributed by atoms with Crippen molar-refractivity contribution < 1.29 is 10.0 Å². The summed E-state index contributed by atoms with van der Waals surface area (Å²) in [5, 5.41) is 12.2. The van der Waals surface area contributed by atoms with Crippen molar-refractivity contribution in [2.24, 2.45) is 22.2 Å². The van der Waals surface area contributed by atoms with Crippen molar-refractivity contribution >= 4 is 11.7 Å². The molecule has 3 fully saturated rings. The molecule has 0 radical (unpaired) electrons. The average Bonchev–Trinajstić information content (AvgIpc) is 2.79. The quantitative estimate of drug-likeness (QED) is 0.342. The number of rotatable bonds is 2. The number of carbonyl (C=O) groups is 1. The normalized spacial score (nSPS) is 37.8. The van der Waals surface area contributed by atoms with Gasteiger partial charge in [-0.3, -0.25) is 9.69 Å². The van der Waals surface area contributed by atoms with Crippen molar-refractivity contribution in [3.8, 4) is 0 Å². The number of hydrogen-bond acceptors (Lipinski definition) is 4. The Hall–Kier alpha value is -1.30. The highest BCUT2D eigenvalue weighted by molar-refractivity contribution is 6.07. The van der Waals surface area contributed by atoms with Crippen LogP contribution in [-0.2, 0) is 4.79 Å². The van der Waals surface area contributed by atoms with Gasteiger partial charge in [-0.25, -0.2) is 0 Å². The number of fused-ring (bicyclic) bond motifs is 1. The minimum absolute atomic E-state index is 0.0738. The maximum atomic E-state index is 13.0. The zero-order chi connectivity index (χ0) is 15.0. The van der Waals surface area contributed by atoms with Crippen molar-refractivity contribution in [2.45, 2.75) is 45.1 Å². The van der Waals surface area contributed by atoms with Gasteiger partial charge in [0, 0.05) is 25.7 Å². The minimum Gasteiger partial charge on any atom is -0.409 e. The van der Waals surface area contributed by atoms with Crippen LogP contribution in [0.4, 0.5) is 0 Å². The Morgan fingerprint density at radius 3 is 2.67 bits per heavy atom. The lowest BCUT2D eigenvalue weighted by molar-refractivity contribution is -0.144. The number of oxime groups is 1. The fraction of sp³-hybridized carbons (Fsp3) is 0.867. The molecule has 2 saturated heterocycles. The zero-order valence-electron chi connectivity index (χ0n) is 12.8. The summed E-state index contributed by atoms with van der Waals surface area (Å²) in [5.74, 6) is 0.631. The molecule has 3 aliphatic rings. The molecule has 3 N–H and O–H groups in total. The van der Waals surface area contributed by atoms with Crippen LogP contribution in [0.2, 0.25) is 0 Å². The summed E-state index contributed by atoms with van der Waals surface area (Å²) in [4.78, 5) is 17.5. The summed E-state index contributed by atoms with van der Waals surface area (Å²) in [6.45, 7) is 5.95. The van der Waals surface area contributed by atoms with Gasteiger partial charge in [-0.15, -0.1) is 0 Å². The average molecular weight is 294 g/mol. The minimum atomic E-state index is -0.748. The van der Waals surface area contributed by atoms with Gasteiger partial charge in [0.2, 0.25) is 5.91 Å². The van der Waals surface area contributed by atoms with Crippen molar-refractivity contribution in [1.82, 2.24) is 9.80 Å². The van der Waals surface area contributed by atoms with Gasteiger partial charge >= 0.3 is 0 Å². The lowest BCUT2D eigenvalue weighted by atomic mass is 9.61. The summed E-state index contributed by atoms with van der Waals surface area (Å²) in [7, 11) is 0. The van der Waals surface area contributed by atoms with E-state index >= 15 is 0 Å². The molecule has 6 nitrogen and oxygen atoms in total. The van der Waals surface area contributed by atoms with Gasteiger partial charge in [0.1, 0.15) is 5.41 Å². The second kappa shape index (κ2) is 5.48. The molecule has 1 amide bonds. The molecule has 3 rings (SSSR count). The number of amidine groups is 1. The third-order valence-electron chi connectivity index (χ3n) is 5.49. The molecule has 2 aliphatic heterocycles. The third-order valence-corrected chi connectivity index (χ3v) is 5.49. The Bertz CT molecular complexity index is 445. The topological polar surface area (TPSA) is 82.2 Å². The van der Waals surface area contributed by atoms with Gasteiger partial charge in [-0.2, -0.15) is 0 Å². The second-order valence-corrected chi connectivity index (χ2v) is 7.02. The monoisotopic (exact) mass is 294 g/mol. The van der Waals surface area contributed by atoms with E-state index in [9.17, 15) is 4.79 Å². The molecule has 2 heterocycles. The second-order valence-electron chi connectivity index (χ2n) is 7.02. The molecule has 1 aliphatic carbocycles. The Labute approximate surface area is 125 Å². The molecule has 0 bridgehead atoms. The van der Waals surface area contributed by atoms with E-state index in [0.29, 0.717) is 24.8 Å². The zero-order valence-corrected chi connectivity index (χ0v) is 12.8. The van der Waals surface area contributed by atoms with E-state index < -0.39 is 5.41 Å². The molecule has 0 aromatic heterocycles. The predicted molar refractivity (Wildman–Crippen MR) is 80.0 cm³/mol. The Kier molecular flexibility index (Phi) is 3.82. The van der Waals surface area contributed by atoms with E-state index in [1.54, 1.807) is 0 Å². The molecule has 21 heavy (non-hydrogen) atoms. The Morgan fingerprint density at radius 2 is 2.00 bits per heavy atom. The van der Waals surface area contributed by atoms with Gasteiger partial charge in [-0.05, 0) is 44.6 Å². The number of nitrogens with zero attached hydrogens (tertiary/aromatic N) is 3. The van der Waals surface area contributed by atoms with Crippen LogP contribution in [0.5, 0.6) is 0 Å². The van der Waals surface area contributed by atoms with E-state index in [1.165, 1.54) is 12.8 Å². The first-order valence-corrected chi connectivity index (χ1v) is 8.08. The van der Waals surface area contributed by atoms with E-state index in [2.05, 4.69) is 17.0 Å². The van der Waals surface area contributed by atoms with Crippen LogP contribution in [0.1, 0.15) is 39.0 Å². The summed E-state index contributed by atoms with van der Waals surface area (Å²) in [6.07, 6.45) is 4.83. The van der Waals surface area contributed by atoms with Crippen molar-refractivity contribution in [1.29, 1.82) is 0 Å². The molecule has 0 spiro atoms. The highest BCUT2D eigenvalue weighted by Crippen LogP contribution is 2.47. The van der Waals surface area contributed by atoms with Crippen LogP contribution < -0.4 is 5.73 Å². The summed E-state index contributed by atoms with van der Waals surface area (Å²) in [6, 6.07) is 0.498. The van der Waals surface area contributed by atoms with Crippen LogP contribution in [0.15, 0.2) is 5.16 Å². The Balaban J connectivity index is 1.77. The van der Waals surface area contributed by atoms with E-state index in [1.807, 2.05) is 4.90 Å². The summed E-state index contributed by atoms with van der Waals surface area (Å²) >= 11 is 0. The lowest BCUT2D eigenvalue weighted by Gasteiger charge is -2.46. The molecule has 1 saturated carbocycles. The largest absolute Gasteiger partial charge is 0.409 e. The van der Waals surface area contributed by atoms with E-state index in [4.69, 9.17) is 10.9 Å². The molecular weight excluding hydrogens is 268 g/mol. The van der Waals surface area contributed by atoms with E-state index in [-0.39, 0.29) is 11.7 Å². The van der Waals surface area contributed by atoms with Gasteiger partial charge in [0.05, 0.1) is 0 Å². The fourth-order valence-electron chi connectivity index (χ4n) is 4.41. The number of nitrogens with two attached hydrogens (primary N) is 1. The standard InChI is InChI=1S/C15H26N4O2/c1-11-8-15(9-11,13(16)17-21)14(20)19-7-3-6-18-5-2-4-12(18)10-19/h11-12,21H,2-10H2,1H3,(H2,16,17). The van der Waals surface area contributed by atoms with Gasteiger partial charge in [-0.1, -0.05) is 12.1 Å². The summed E-state index contributed by atoms with van der Waals surface area (Å²) < 4.78 is 0. The predicted octanol–water partition coefficient (Wildman–Crippen LogP) is 0.846. The van der Waals surface area contributed by atoms with Crippen LogP contribution in [0.25, 0.3) is 0 Å². The highest BCUT2D eigenvalue weighted by atomic mass is 16.4. The smallest absolute Gasteiger partial charge is 0.236 e. The van der Waals surface area contributed by atoms with Gasteiger partial charge in [0.25, 0.3) is 0 Å². The summed E-state index contributed by atoms with van der Waals surface area (Å²) in [5.41, 5.74) is 5.12. The lowest BCUT2D eigenvalue weighted by Crippen LogP contribution is -2.58. The first-order chi connectivity index (χ1) is 10.1. The molecule has 0 aromatic carbocycles. The Morgan fingerprint density at radius 1 is 1.29 bits per heavy atom. The molecule has 118 valence electrons. The van der Waals surface area contributed by atoms with Crippen LogP contribution in [0.3, 0.4) is 0 Å². The van der Waals surface area contributed by atoms with Crippen molar-refractivity contribution in [3.05, 3.63) is 0 Å². The molecule has 0 aromatic rings. The number of hydrogen-bond donors (Lipinski definition) is 2. The van der Waals surface area contributed by atoms with Gasteiger partial charge < -0.3 is 15.8 Å².